The molecule has 3 N–H and O–H groups in total. The summed E-state index contributed by atoms with van der Waals surface area (Å²) in [5.74, 6) is -4.34. The second-order valence-electron chi connectivity index (χ2n) is 6.82. The topological polar surface area (TPSA) is 121 Å². The molecular formula is C19H34O7. The summed E-state index contributed by atoms with van der Waals surface area (Å²) in [7, 11) is 0. The van der Waals surface area contributed by atoms with Crippen molar-refractivity contribution in [2.45, 2.75) is 96.0 Å². The normalized spacial score (nSPS) is 11.4. The van der Waals surface area contributed by atoms with Crippen molar-refractivity contribution in [3.05, 3.63) is 0 Å². The van der Waals surface area contributed by atoms with E-state index in [4.69, 9.17) is 14.9 Å². The molecule has 0 aliphatic rings. The molecule has 26 heavy (non-hydrogen) atoms. The summed E-state index contributed by atoms with van der Waals surface area (Å²) >= 11 is 0. The van der Waals surface area contributed by atoms with Crippen LogP contribution < -0.4 is 0 Å². The number of ether oxygens (including phenoxy) is 1. The first-order valence-electron chi connectivity index (χ1n) is 9.65. The third-order valence-electron chi connectivity index (χ3n) is 4.39. The van der Waals surface area contributed by atoms with Crippen molar-refractivity contribution >= 4 is 17.9 Å². The molecule has 0 rings (SSSR count). The van der Waals surface area contributed by atoms with Crippen molar-refractivity contribution in [3.63, 3.8) is 0 Å². The third kappa shape index (κ3) is 11.8. The molecule has 0 spiro atoms. The Balaban J connectivity index is 3.97. The van der Waals surface area contributed by atoms with E-state index < -0.39 is 36.4 Å². The van der Waals surface area contributed by atoms with Gasteiger partial charge in [0.05, 0.1) is 12.8 Å². The summed E-state index contributed by atoms with van der Waals surface area (Å²) in [5.41, 5.74) is -2.20. The molecule has 0 fully saturated rings. The second kappa shape index (κ2) is 14.5. The standard InChI is InChI=1S/C19H34O7/c1-2-3-4-5-6-7-8-9-10-11-12-13-26-19(18(24)25,14-16(20)21)15-17(22)23/h2-15H2,1H3,(H,20,21)(H,22,23)(H,24,25). The van der Waals surface area contributed by atoms with Crippen molar-refractivity contribution < 1.29 is 34.4 Å². The van der Waals surface area contributed by atoms with E-state index in [9.17, 15) is 19.5 Å². The number of hydrogen-bond acceptors (Lipinski definition) is 4. The number of carboxylic acids is 3. The molecule has 0 aliphatic carbocycles. The van der Waals surface area contributed by atoms with Gasteiger partial charge in [-0.25, -0.2) is 4.79 Å². The predicted molar refractivity (Wildman–Crippen MR) is 97.3 cm³/mol. The van der Waals surface area contributed by atoms with Gasteiger partial charge in [-0.2, -0.15) is 0 Å². The van der Waals surface area contributed by atoms with Crippen LogP contribution in [-0.2, 0) is 19.1 Å². The molecule has 0 aromatic heterocycles. The van der Waals surface area contributed by atoms with E-state index in [0.29, 0.717) is 6.42 Å². The second-order valence-corrected chi connectivity index (χ2v) is 6.82. The summed E-state index contributed by atoms with van der Waals surface area (Å²) in [6.45, 7) is 2.25. The van der Waals surface area contributed by atoms with Crippen LogP contribution in [0.5, 0.6) is 0 Å². The van der Waals surface area contributed by atoms with Crippen molar-refractivity contribution in [1.82, 2.24) is 0 Å². The van der Waals surface area contributed by atoms with E-state index in [0.717, 1.165) is 19.3 Å². The molecule has 0 aromatic carbocycles. The van der Waals surface area contributed by atoms with E-state index in [2.05, 4.69) is 6.92 Å². The molecule has 0 bridgehead atoms. The Hall–Kier alpha value is -1.63. The largest absolute Gasteiger partial charge is 0.481 e. The molecule has 0 aromatic rings. The van der Waals surface area contributed by atoms with Gasteiger partial charge in [0.2, 0.25) is 0 Å². The summed E-state index contributed by atoms with van der Waals surface area (Å²) in [4.78, 5) is 33.1. The van der Waals surface area contributed by atoms with Gasteiger partial charge in [-0.05, 0) is 6.42 Å². The first-order chi connectivity index (χ1) is 12.3. The number of carboxylic acid groups (broad SMARTS) is 3. The van der Waals surface area contributed by atoms with Crippen LogP contribution in [0.3, 0.4) is 0 Å². The van der Waals surface area contributed by atoms with E-state index >= 15 is 0 Å². The van der Waals surface area contributed by atoms with E-state index in [1.54, 1.807) is 0 Å². The summed E-state index contributed by atoms with van der Waals surface area (Å²) < 4.78 is 5.23. The lowest BCUT2D eigenvalue weighted by atomic mass is 9.95. The fraction of sp³-hybridized carbons (Fsp3) is 0.842. The van der Waals surface area contributed by atoms with E-state index in [1.165, 1.54) is 44.9 Å². The predicted octanol–water partition coefficient (Wildman–Crippen LogP) is 4.09. The highest BCUT2D eigenvalue weighted by molar-refractivity contribution is 5.88. The van der Waals surface area contributed by atoms with E-state index in [-0.39, 0.29) is 6.61 Å². The smallest absolute Gasteiger partial charge is 0.337 e. The first-order valence-corrected chi connectivity index (χ1v) is 9.65. The average Bonchev–Trinajstić information content (AvgIpc) is 2.54. The monoisotopic (exact) mass is 374 g/mol. The zero-order valence-corrected chi connectivity index (χ0v) is 15.9. The summed E-state index contributed by atoms with van der Waals surface area (Å²) in [6.07, 6.45) is 10.7. The molecule has 7 nitrogen and oxygen atoms in total. The van der Waals surface area contributed by atoms with Gasteiger partial charge in [-0.1, -0.05) is 71.1 Å². The van der Waals surface area contributed by atoms with Crippen molar-refractivity contribution in [3.8, 4) is 0 Å². The highest BCUT2D eigenvalue weighted by Crippen LogP contribution is 2.23. The third-order valence-corrected chi connectivity index (χ3v) is 4.39. The van der Waals surface area contributed by atoms with Gasteiger partial charge in [0, 0.05) is 6.61 Å². The van der Waals surface area contributed by atoms with Crippen LogP contribution in [0.2, 0.25) is 0 Å². The molecule has 0 heterocycles. The molecular weight excluding hydrogens is 340 g/mol. The first kappa shape index (κ1) is 24.4. The molecule has 0 aliphatic heterocycles. The molecule has 0 saturated heterocycles. The maximum Gasteiger partial charge on any atom is 0.337 e. The van der Waals surface area contributed by atoms with E-state index in [1.807, 2.05) is 0 Å². The van der Waals surface area contributed by atoms with Gasteiger partial charge in [0.25, 0.3) is 0 Å². The van der Waals surface area contributed by atoms with Crippen LogP contribution >= 0.6 is 0 Å². The average molecular weight is 374 g/mol. The Morgan fingerprint density at radius 1 is 0.692 bits per heavy atom. The number of hydrogen-bond donors (Lipinski definition) is 3. The van der Waals surface area contributed by atoms with Crippen molar-refractivity contribution in [1.29, 1.82) is 0 Å². The van der Waals surface area contributed by atoms with Gasteiger partial charge in [-0.15, -0.1) is 0 Å². The molecule has 0 saturated carbocycles. The molecule has 152 valence electrons. The SMILES string of the molecule is CCCCCCCCCCCCCOC(CC(=O)O)(CC(=O)O)C(=O)O. The summed E-state index contributed by atoms with van der Waals surface area (Å²) in [6, 6.07) is 0. The highest BCUT2D eigenvalue weighted by atomic mass is 16.5. The van der Waals surface area contributed by atoms with Crippen LogP contribution in [0, 0.1) is 0 Å². The quantitative estimate of drug-likeness (QED) is 0.309. The van der Waals surface area contributed by atoms with Gasteiger partial charge in [0.15, 0.2) is 5.60 Å². The fourth-order valence-electron chi connectivity index (χ4n) is 2.90. The number of aliphatic carboxylic acids is 3. The van der Waals surface area contributed by atoms with Crippen LogP contribution in [0.4, 0.5) is 0 Å². The lowest BCUT2D eigenvalue weighted by Crippen LogP contribution is -2.45. The van der Waals surface area contributed by atoms with Gasteiger partial charge >= 0.3 is 17.9 Å². The zero-order chi connectivity index (χ0) is 19.8. The Bertz CT molecular complexity index is 404. The Labute approximate surface area is 155 Å². The minimum atomic E-state index is -2.20. The zero-order valence-electron chi connectivity index (χ0n) is 15.9. The van der Waals surface area contributed by atoms with Crippen LogP contribution in [-0.4, -0.2) is 45.4 Å². The molecule has 0 radical (unpaired) electrons. The minimum absolute atomic E-state index is 0.0455. The molecule has 0 amide bonds. The van der Waals surface area contributed by atoms with Gasteiger partial charge in [0.1, 0.15) is 0 Å². The highest BCUT2D eigenvalue weighted by Gasteiger charge is 2.44. The summed E-state index contributed by atoms with van der Waals surface area (Å²) in [5, 5.41) is 27.0. The van der Waals surface area contributed by atoms with Crippen LogP contribution in [0.25, 0.3) is 0 Å². The van der Waals surface area contributed by atoms with Gasteiger partial charge in [-0.3, -0.25) is 9.59 Å². The Morgan fingerprint density at radius 2 is 1.08 bits per heavy atom. The molecule has 7 heteroatoms. The van der Waals surface area contributed by atoms with Gasteiger partial charge < -0.3 is 20.1 Å². The van der Waals surface area contributed by atoms with Crippen molar-refractivity contribution in [2.24, 2.45) is 0 Å². The lowest BCUT2D eigenvalue weighted by molar-refractivity contribution is -0.178. The minimum Gasteiger partial charge on any atom is -0.481 e. The van der Waals surface area contributed by atoms with Crippen molar-refractivity contribution in [2.75, 3.05) is 6.61 Å². The lowest BCUT2D eigenvalue weighted by Gasteiger charge is -2.26. The molecule has 0 atom stereocenters. The number of unbranched alkanes of at least 4 members (excludes halogenated alkanes) is 10. The van der Waals surface area contributed by atoms with Crippen LogP contribution in [0.15, 0.2) is 0 Å². The Morgan fingerprint density at radius 3 is 1.42 bits per heavy atom. The maximum absolute atomic E-state index is 11.4. The number of carbonyl (C=O) groups is 3. The molecule has 0 unspecified atom stereocenters. The Kier molecular flexibility index (Phi) is 13.6. The van der Waals surface area contributed by atoms with Crippen LogP contribution in [0.1, 0.15) is 90.4 Å². The number of rotatable bonds is 18. The fourth-order valence-corrected chi connectivity index (χ4v) is 2.90. The maximum atomic E-state index is 11.4.